The topological polar surface area (TPSA) is 32.8 Å². The lowest BCUT2D eigenvalue weighted by atomic mass is 9.82. The molecule has 0 bridgehead atoms. The molecule has 0 amide bonds. The highest BCUT2D eigenvalue weighted by Crippen LogP contribution is 2.51. The van der Waals surface area contributed by atoms with E-state index in [4.69, 9.17) is 8.83 Å². The lowest BCUT2D eigenvalue weighted by Crippen LogP contribution is -2.16. The van der Waals surface area contributed by atoms with Gasteiger partial charge in [0.25, 0.3) is 0 Å². The molecule has 65 heavy (non-hydrogen) atoms. The first-order valence-corrected chi connectivity index (χ1v) is 22.3. The van der Waals surface area contributed by atoms with Gasteiger partial charge in [0.05, 0.1) is 0 Å². The molecule has 0 spiro atoms. The Kier molecular flexibility index (Phi) is 8.22. The molecule has 4 nitrogen and oxygen atoms in total. The fraction of sp³-hybridized carbons (Fsp3) is 0.0492. The van der Waals surface area contributed by atoms with Crippen LogP contribution >= 0.6 is 0 Å². The van der Waals surface area contributed by atoms with Gasteiger partial charge in [0.1, 0.15) is 22.3 Å². The number of anilines is 6. The van der Waals surface area contributed by atoms with Crippen LogP contribution in [0.25, 0.3) is 76.9 Å². The van der Waals surface area contributed by atoms with E-state index < -0.39 is 0 Å². The SMILES string of the molecule is CC1(C)c2ccccc2-c2ccc(N(c3ccccc3)c3ccc4c(c3)oc3cc5cc6oc7cc(N(c8ccccc8)c8ccc(-c9ccccc9)cc8)ccc7c6cc5cc34)cc21. The van der Waals surface area contributed by atoms with Gasteiger partial charge in [-0.25, -0.2) is 0 Å². The molecule has 0 fully saturated rings. The zero-order chi connectivity index (χ0) is 43.2. The smallest absolute Gasteiger partial charge is 0.137 e. The molecule has 0 aliphatic heterocycles. The lowest BCUT2D eigenvalue weighted by molar-refractivity contribution is 0.660. The first-order chi connectivity index (χ1) is 31.9. The van der Waals surface area contributed by atoms with Gasteiger partial charge in [-0.05, 0) is 141 Å². The Balaban J connectivity index is 0.878. The lowest BCUT2D eigenvalue weighted by Gasteiger charge is -2.28. The molecule has 308 valence electrons. The van der Waals surface area contributed by atoms with Crippen LogP contribution < -0.4 is 9.80 Å². The molecule has 13 rings (SSSR count). The van der Waals surface area contributed by atoms with Crippen LogP contribution in [0.5, 0.6) is 0 Å². The summed E-state index contributed by atoms with van der Waals surface area (Å²) in [6, 6.07) is 78.2. The van der Waals surface area contributed by atoms with Gasteiger partial charge in [0.2, 0.25) is 0 Å². The zero-order valence-corrected chi connectivity index (χ0v) is 36.0. The van der Waals surface area contributed by atoms with E-state index in [9.17, 15) is 0 Å². The molecule has 4 heteroatoms. The molecule has 0 saturated heterocycles. The van der Waals surface area contributed by atoms with Crippen LogP contribution in [0.1, 0.15) is 25.0 Å². The molecule has 1 aliphatic rings. The largest absolute Gasteiger partial charge is 0.456 e. The Bertz CT molecular complexity index is 3790. The van der Waals surface area contributed by atoms with E-state index in [0.717, 1.165) is 88.8 Å². The van der Waals surface area contributed by atoms with E-state index in [1.807, 2.05) is 0 Å². The Morgan fingerprint density at radius 1 is 0.308 bits per heavy atom. The number of hydrogen-bond acceptors (Lipinski definition) is 4. The minimum Gasteiger partial charge on any atom is -0.456 e. The summed E-state index contributed by atoms with van der Waals surface area (Å²) >= 11 is 0. The van der Waals surface area contributed by atoms with Gasteiger partial charge in [-0.2, -0.15) is 0 Å². The van der Waals surface area contributed by atoms with E-state index in [0.29, 0.717) is 0 Å². The van der Waals surface area contributed by atoms with Crippen LogP contribution in [0.2, 0.25) is 0 Å². The van der Waals surface area contributed by atoms with Crippen LogP contribution in [0.15, 0.2) is 227 Å². The van der Waals surface area contributed by atoms with Gasteiger partial charge in [0.15, 0.2) is 0 Å². The van der Waals surface area contributed by atoms with Crippen molar-refractivity contribution < 1.29 is 8.83 Å². The number of fused-ring (bicyclic) bond motifs is 10. The molecule has 2 aromatic heterocycles. The van der Waals surface area contributed by atoms with Crippen molar-refractivity contribution in [3.05, 3.63) is 230 Å². The first-order valence-electron chi connectivity index (χ1n) is 22.3. The summed E-state index contributed by atoms with van der Waals surface area (Å²) in [5.41, 5.74) is 17.4. The van der Waals surface area contributed by atoms with Crippen molar-refractivity contribution in [3.8, 4) is 22.3 Å². The maximum Gasteiger partial charge on any atom is 0.137 e. The maximum atomic E-state index is 6.74. The quantitative estimate of drug-likeness (QED) is 0.160. The fourth-order valence-corrected chi connectivity index (χ4v) is 10.4. The average molecular weight is 835 g/mol. The van der Waals surface area contributed by atoms with Crippen molar-refractivity contribution >= 4 is 88.8 Å². The summed E-state index contributed by atoms with van der Waals surface area (Å²) in [4.78, 5) is 4.63. The van der Waals surface area contributed by atoms with Gasteiger partial charge in [0, 0.05) is 73.2 Å². The first kappa shape index (κ1) is 37.2. The van der Waals surface area contributed by atoms with E-state index in [1.54, 1.807) is 0 Å². The van der Waals surface area contributed by atoms with Crippen molar-refractivity contribution in [3.63, 3.8) is 0 Å². The molecule has 0 radical (unpaired) electrons. The number of para-hydroxylation sites is 2. The van der Waals surface area contributed by atoms with E-state index in [1.165, 1.54) is 33.4 Å². The van der Waals surface area contributed by atoms with Crippen LogP contribution in [0.4, 0.5) is 34.1 Å². The van der Waals surface area contributed by atoms with Crippen LogP contribution in [-0.4, -0.2) is 0 Å². The highest BCUT2D eigenvalue weighted by atomic mass is 16.3. The molecule has 1 aliphatic carbocycles. The molecular formula is C61H42N2O2. The second-order valence-corrected chi connectivity index (χ2v) is 17.8. The van der Waals surface area contributed by atoms with Gasteiger partial charge in [-0.1, -0.05) is 123 Å². The second kappa shape index (κ2) is 14.3. The van der Waals surface area contributed by atoms with Crippen LogP contribution in [0.3, 0.4) is 0 Å². The zero-order valence-electron chi connectivity index (χ0n) is 36.0. The Morgan fingerprint density at radius 3 is 1.32 bits per heavy atom. The van der Waals surface area contributed by atoms with Crippen molar-refractivity contribution in [2.45, 2.75) is 19.3 Å². The van der Waals surface area contributed by atoms with Crippen LogP contribution in [0, 0.1) is 0 Å². The van der Waals surface area contributed by atoms with Gasteiger partial charge < -0.3 is 18.6 Å². The Morgan fingerprint density at radius 2 is 0.723 bits per heavy atom. The summed E-state index contributed by atoms with van der Waals surface area (Å²) in [7, 11) is 0. The average Bonchev–Trinajstić information content (AvgIpc) is 3.97. The third-order valence-corrected chi connectivity index (χ3v) is 13.6. The van der Waals surface area contributed by atoms with E-state index in [-0.39, 0.29) is 5.41 Å². The predicted molar refractivity (Wildman–Crippen MR) is 271 cm³/mol. The molecule has 10 aromatic carbocycles. The van der Waals surface area contributed by atoms with Gasteiger partial charge in [-0.3, -0.25) is 0 Å². The van der Waals surface area contributed by atoms with E-state index >= 15 is 0 Å². The summed E-state index contributed by atoms with van der Waals surface area (Å²) in [5, 5.41) is 6.56. The molecule has 12 aromatic rings. The van der Waals surface area contributed by atoms with Crippen molar-refractivity contribution in [1.82, 2.24) is 0 Å². The number of hydrogen-bond donors (Lipinski definition) is 0. The molecule has 0 atom stereocenters. The Labute approximate surface area is 376 Å². The standard InChI is InChI=1S/C61H42N2O2/c1-61(2)55-21-13-12-20-49(55)50-29-26-46(36-56(50)61)63(44-18-10-5-11-19-44)48-28-31-52-54-33-41-32-53-51-30-27-47(37-59(51)64-57(53)34-42(41)35-58(54)65-60(52)38-48)62(43-16-8-4-9-17-43)45-24-22-40(23-25-45)39-14-6-3-7-15-39/h3-38H,1-2H3. The second-order valence-electron chi connectivity index (χ2n) is 17.8. The van der Waals surface area contributed by atoms with Gasteiger partial charge >= 0.3 is 0 Å². The highest BCUT2D eigenvalue weighted by Gasteiger charge is 2.35. The summed E-state index contributed by atoms with van der Waals surface area (Å²) in [6.45, 7) is 4.67. The molecule has 0 unspecified atom stereocenters. The number of benzene rings is 10. The molecule has 2 heterocycles. The minimum atomic E-state index is -0.106. The third kappa shape index (κ3) is 5.98. The van der Waals surface area contributed by atoms with Crippen molar-refractivity contribution in [2.75, 3.05) is 9.80 Å². The maximum absolute atomic E-state index is 6.74. The number of furan rings is 2. The summed E-state index contributed by atoms with van der Waals surface area (Å²) < 4.78 is 13.4. The molecular weight excluding hydrogens is 793 g/mol. The summed E-state index contributed by atoms with van der Waals surface area (Å²) in [6.07, 6.45) is 0. The van der Waals surface area contributed by atoms with Crippen molar-refractivity contribution in [2.24, 2.45) is 0 Å². The Hall–Kier alpha value is -8.34. The number of nitrogens with zero attached hydrogens (tertiary/aromatic N) is 2. The van der Waals surface area contributed by atoms with E-state index in [2.05, 4.69) is 242 Å². The predicted octanol–water partition coefficient (Wildman–Crippen LogP) is 17.6. The summed E-state index contributed by atoms with van der Waals surface area (Å²) in [5.74, 6) is 0. The minimum absolute atomic E-state index is 0.106. The van der Waals surface area contributed by atoms with Gasteiger partial charge in [-0.15, -0.1) is 0 Å². The monoisotopic (exact) mass is 834 g/mol. The van der Waals surface area contributed by atoms with Crippen molar-refractivity contribution in [1.29, 1.82) is 0 Å². The van der Waals surface area contributed by atoms with Crippen LogP contribution in [-0.2, 0) is 5.41 Å². The molecule has 0 N–H and O–H groups in total. The molecule has 0 saturated carbocycles. The normalized spacial score (nSPS) is 12.9. The highest BCUT2D eigenvalue weighted by molar-refractivity contribution is 6.15. The third-order valence-electron chi connectivity index (χ3n) is 13.6. The fourth-order valence-electron chi connectivity index (χ4n) is 10.4. The number of rotatable bonds is 7.